The third kappa shape index (κ3) is 4.43. The Kier molecular flexibility index (Phi) is 5.42. The Morgan fingerprint density at radius 2 is 2.04 bits per heavy atom. The molecular weight excluding hydrogens is 318 g/mol. The number of hydrogen-bond acceptors (Lipinski definition) is 4. The highest BCUT2D eigenvalue weighted by atomic mass is 16.5. The van der Waals surface area contributed by atoms with E-state index in [9.17, 15) is 4.79 Å². The van der Waals surface area contributed by atoms with Gasteiger partial charge < -0.3 is 14.5 Å². The number of carbonyl (C=O) groups excluding carboxylic acids is 1. The fourth-order valence-corrected chi connectivity index (χ4v) is 2.97. The minimum atomic E-state index is -0.0972. The molecule has 0 aliphatic carbocycles. The van der Waals surface area contributed by atoms with Crippen LogP contribution >= 0.6 is 0 Å². The molecule has 2 aromatic rings. The third-order valence-electron chi connectivity index (χ3n) is 4.24. The van der Waals surface area contributed by atoms with E-state index in [1.807, 2.05) is 36.9 Å². The number of nitrogens with zero attached hydrogens (tertiary/aromatic N) is 3. The van der Waals surface area contributed by atoms with Gasteiger partial charge in [-0.3, -0.25) is 10.4 Å². The van der Waals surface area contributed by atoms with Gasteiger partial charge >= 0.3 is 6.03 Å². The summed E-state index contributed by atoms with van der Waals surface area (Å²) in [5.74, 6) is 1.45. The van der Waals surface area contributed by atoms with Gasteiger partial charge in [0.05, 0.1) is 6.61 Å². The van der Waals surface area contributed by atoms with Crippen molar-refractivity contribution in [3.8, 4) is 5.75 Å². The van der Waals surface area contributed by atoms with Crippen LogP contribution in [0.2, 0.25) is 0 Å². The third-order valence-corrected chi connectivity index (χ3v) is 4.24. The summed E-state index contributed by atoms with van der Waals surface area (Å²) in [5, 5.41) is 9.73. The topological polar surface area (TPSA) is 73.5 Å². The Morgan fingerprint density at radius 3 is 2.72 bits per heavy atom. The Hall–Kier alpha value is -2.70. The van der Waals surface area contributed by atoms with Gasteiger partial charge in [0, 0.05) is 43.6 Å². The van der Waals surface area contributed by atoms with Crippen LogP contribution in [0.25, 0.3) is 0 Å². The molecule has 1 aromatic heterocycles. The van der Waals surface area contributed by atoms with E-state index >= 15 is 0 Å². The molecule has 2 amide bonds. The maximum Gasteiger partial charge on any atom is 0.323 e. The number of benzene rings is 1. The molecule has 0 spiro atoms. The maximum absolute atomic E-state index is 12.4. The SMILES string of the molecule is CCOc1ccc(N2CCCN(C(=O)Nc3cc(C)[nH]n3)CC2)cc1. The summed E-state index contributed by atoms with van der Waals surface area (Å²) in [5.41, 5.74) is 2.08. The molecule has 7 heteroatoms. The number of amides is 2. The summed E-state index contributed by atoms with van der Waals surface area (Å²) in [6, 6.07) is 9.87. The first-order chi connectivity index (χ1) is 12.2. The number of aryl methyl sites for hydroxylation is 1. The molecule has 1 aliphatic heterocycles. The van der Waals surface area contributed by atoms with Gasteiger partial charge in [-0.1, -0.05) is 0 Å². The predicted molar refractivity (Wildman–Crippen MR) is 98.4 cm³/mol. The van der Waals surface area contributed by atoms with Gasteiger partial charge in [0.2, 0.25) is 0 Å². The minimum absolute atomic E-state index is 0.0972. The van der Waals surface area contributed by atoms with Crippen molar-refractivity contribution in [1.82, 2.24) is 15.1 Å². The standard InChI is InChI=1S/C18H25N5O2/c1-3-25-16-7-5-15(6-8-16)22-9-4-10-23(12-11-22)18(24)19-17-13-14(2)20-21-17/h5-8,13H,3-4,9-12H2,1-2H3,(H2,19,20,21,24). The minimum Gasteiger partial charge on any atom is -0.494 e. The van der Waals surface area contributed by atoms with Crippen LogP contribution in [0.5, 0.6) is 5.75 Å². The Morgan fingerprint density at radius 1 is 1.24 bits per heavy atom. The first kappa shape index (κ1) is 17.1. The molecule has 0 unspecified atom stereocenters. The normalized spacial score (nSPS) is 15.0. The molecule has 2 heterocycles. The lowest BCUT2D eigenvalue weighted by atomic mass is 10.2. The van der Waals surface area contributed by atoms with Gasteiger partial charge in [0.15, 0.2) is 5.82 Å². The molecule has 0 radical (unpaired) electrons. The zero-order valence-corrected chi connectivity index (χ0v) is 14.8. The lowest BCUT2D eigenvalue weighted by molar-refractivity contribution is 0.215. The molecule has 3 rings (SSSR count). The van der Waals surface area contributed by atoms with Gasteiger partial charge in [-0.25, -0.2) is 4.79 Å². The van der Waals surface area contributed by atoms with Crippen LogP contribution in [-0.2, 0) is 0 Å². The van der Waals surface area contributed by atoms with E-state index in [1.165, 1.54) is 0 Å². The quantitative estimate of drug-likeness (QED) is 0.895. The number of aromatic nitrogens is 2. The number of nitrogens with one attached hydrogen (secondary N) is 2. The lowest BCUT2D eigenvalue weighted by Gasteiger charge is -2.24. The van der Waals surface area contributed by atoms with Crippen molar-refractivity contribution in [2.75, 3.05) is 43.0 Å². The molecule has 2 N–H and O–H groups in total. The number of rotatable bonds is 4. The molecule has 0 saturated carbocycles. The molecular formula is C18H25N5O2. The van der Waals surface area contributed by atoms with Crippen molar-refractivity contribution in [2.24, 2.45) is 0 Å². The van der Waals surface area contributed by atoms with Gasteiger partial charge in [-0.05, 0) is 44.5 Å². The number of H-pyrrole nitrogens is 1. The van der Waals surface area contributed by atoms with Crippen LogP contribution in [0.3, 0.4) is 0 Å². The van der Waals surface area contributed by atoms with E-state index in [4.69, 9.17) is 4.74 Å². The van der Waals surface area contributed by atoms with Crippen molar-refractivity contribution in [3.05, 3.63) is 36.0 Å². The largest absolute Gasteiger partial charge is 0.494 e. The average Bonchev–Trinajstić information content (AvgIpc) is 2.86. The highest BCUT2D eigenvalue weighted by molar-refractivity contribution is 5.88. The zero-order chi connectivity index (χ0) is 17.6. The molecule has 0 bridgehead atoms. The van der Waals surface area contributed by atoms with Crippen molar-refractivity contribution < 1.29 is 9.53 Å². The number of anilines is 2. The molecule has 1 aromatic carbocycles. The number of aromatic amines is 1. The van der Waals surface area contributed by atoms with Crippen LogP contribution in [0.15, 0.2) is 30.3 Å². The fourth-order valence-electron chi connectivity index (χ4n) is 2.97. The second-order valence-electron chi connectivity index (χ2n) is 6.12. The summed E-state index contributed by atoms with van der Waals surface area (Å²) in [6.45, 7) is 7.71. The van der Waals surface area contributed by atoms with Crippen molar-refractivity contribution >= 4 is 17.5 Å². The van der Waals surface area contributed by atoms with Gasteiger partial charge in [-0.15, -0.1) is 0 Å². The second-order valence-corrected chi connectivity index (χ2v) is 6.12. The number of urea groups is 1. The van der Waals surface area contributed by atoms with E-state index in [1.54, 1.807) is 0 Å². The number of hydrogen-bond donors (Lipinski definition) is 2. The van der Waals surface area contributed by atoms with Crippen LogP contribution in [0.1, 0.15) is 19.0 Å². The Labute approximate surface area is 148 Å². The van der Waals surface area contributed by atoms with Gasteiger partial charge in [-0.2, -0.15) is 5.10 Å². The average molecular weight is 343 g/mol. The number of ether oxygens (including phenoxy) is 1. The first-order valence-corrected chi connectivity index (χ1v) is 8.71. The smallest absolute Gasteiger partial charge is 0.323 e. The molecule has 25 heavy (non-hydrogen) atoms. The second kappa shape index (κ2) is 7.92. The molecule has 134 valence electrons. The van der Waals surface area contributed by atoms with Crippen molar-refractivity contribution in [3.63, 3.8) is 0 Å². The van der Waals surface area contributed by atoms with E-state index in [2.05, 4.69) is 32.5 Å². The van der Waals surface area contributed by atoms with Gasteiger partial charge in [0.25, 0.3) is 0 Å². The molecule has 0 atom stereocenters. The fraction of sp³-hybridized carbons (Fsp3) is 0.444. The Balaban J connectivity index is 1.57. The Bertz CT molecular complexity index is 698. The monoisotopic (exact) mass is 343 g/mol. The summed E-state index contributed by atoms with van der Waals surface area (Å²) in [4.78, 5) is 16.6. The predicted octanol–water partition coefficient (Wildman–Crippen LogP) is 2.86. The summed E-state index contributed by atoms with van der Waals surface area (Å²) in [7, 11) is 0. The van der Waals surface area contributed by atoms with Crippen LogP contribution in [0.4, 0.5) is 16.3 Å². The molecule has 1 aliphatic rings. The van der Waals surface area contributed by atoms with Crippen LogP contribution in [-0.4, -0.2) is 53.9 Å². The highest BCUT2D eigenvalue weighted by Gasteiger charge is 2.20. The molecule has 1 fully saturated rings. The summed E-state index contributed by atoms with van der Waals surface area (Å²) >= 11 is 0. The number of carbonyl (C=O) groups is 1. The van der Waals surface area contributed by atoms with Crippen molar-refractivity contribution in [2.45, 2.75) is 20.3 Å². The zero-order valence-electron chi connectivity index (χ0n) is 14.8. The summed E-state index contributed by atoms with van der Waals surface area (Å²) < 4.78 is 5.49. The van der Waals surface area contributed by atoms with E-state index in [0.717, 1.165) is 43.2 Å². The van der Waals surface area contributed by atoms with Crippen molar-refractivity contribution in [1.29, 1.82) is 0 Å². The first-order valence-electron chi connectivity index (χ1n) is 8.71. The van der Waals surface area contributed by atoms with E-state index in [-0.39, 0.29) is 6.03 Å². The maximum atomic E-state index is 12.4. The van der Waals surface area contributed by atoms with Gasteiger partial charge in [0.1, 0.15) is 5.75 Å². The highest BCUT2D eigenvalue weighted by Crippen LogP contribution is 2.21. The molecule has 1 saturated heterocycles. The lowest BCUT2D eigenvalue weighted by Crippen LogP contribution is -2.38. The van der Waals surface area contributed by atoms with Crippen LogP contribution in [0, 0.1) is 6.92 Å². The van der Waals surface area contributed by atoms with E-state index in [0.29, 0.717) is 19.0 Å². The van der Waals surface area contributed by atoms with E-state index < -0.39 is 0 Å². The van der Waals surface area contributed by atoms with Crippen LogP contribution < -0.4 is 15.0 Å². The summed E-state index contributed by atoms with van der Waals surface area (Å²) in [6.07, 6.45) is 0.931. The molecule has 7 nitrogen and oxygen atoms in total.